The monoisotopic (exact) mass is 222 g/mol. The van der Waals surface area contributed by atoms with Gasteiger partial charge in [0.1, 0.15) is 5.82 Å². The van der Waals surface area contributed by atoms with Crippen LogP contribution in [-0.2, 0) is 0 Å². The first-order valence-corrected chi connectivity index (χ1v) is 5.26. The van der Waals surface area contributed by atoms with Crippen LogP contribution >= 0.6 is 0 Å². The summed E-state index contributed by atoms with van der Waals surface area (Å²) in [5.41, 5.74) is 11.5. The van der Waals surface area contributed by atoms with Crippen molar-refractivity contribution in [2.45, 2.75) is 19.9 Å². The molecule has 0 aliphatic rings. The molecule has 5 N–H and O–H groups in total. The van der Waals surface area contributed by atoms with E-state index in [1.807, 2.05) is 13.8 Å². The standard InChI is InChI=1S/C11H18N4O/c1-7(2)9(12)6-15-11-8(10(13)16)4-3-5-14-11/h3-5,7,9H,6,12H2,1-2H3,(H2,13,16)(H,14,15). The van der Waals surface area contributed by atoms with Crippen molar-refractivity contribution in [3.8, 4) is 0 Å². The van der Waals surface area contributed by atoms with Gasteiger partial charge in [-0.15, -0.1) is 0 Å². The Labute approximate surface area is 95.2 Å². The maximum absolute atomic E-state index is 11.1. The van der Waals surface area contributed by atoms with Gasteiger partial charge in [-0.3, -0.25) is 4.79 Å². The number of nitrogens with one attached hydrogen (secondary N) is 1. The van der Waals surface area contributed by atoms with Crippen LogP contribution in [0.1, 0.15) is 24.2 Å². The number of carbonyl (C=O) groups is 1. The third-order valence-corrected chi connectivity index (χ3v) is 2.43. The highest BCUT2D eigenvalue weighted by molar-refractivity contribution is 5.97. The van der Waals surface area contributed by atoms with Crippen molar-refractivity contribution in [2.24, 2.45) is 17.4 Å². The van der Waals surface area contributed by atoms with Crippen molar-refractivity contribution < 1.29 is 4.79 Å². The van der Waals surface area contributed by atoms with Crippen LogP contribution in [0.15, 0.2) is 18.3 Å². The zero-order valence-corrected chi connectivity index (χ0v) is 9.60. The van der Waals surface area contributed by atoms with Crippen molar-refractivity contribution in [1.29, 1.82) is 0 Å². The van der Waals surface area contributed by atoms with E-state index in [4.69, 9.17) is 11.5 Å². The second kappa shape index (κ2) is 5.46. The van der Waals surface area contributed by atoms with Crippen molar-refractivity contribution in [2.75, 3.05) is 11.9 Å². The third-order valence-electron chi connectivity index (χ3n) is 2.43. The molecule has 1 amide bonds. The molecule has 0 bridgehead atoms. The van der Waals surface area contributed by atoms with Crippen LogP contribution in [0.4, 0.5) is 5.82 Å². The summed E-state index contributed by atoms with van der Waals surface area (Å²) in [7, 11) is 0. The molecular formula is C11H18N4O. The average Bonchev–Trinajstić information content (AvgIpc) is 2.25. The van der Waals surface area contributed by atoms with E-state index in [1.54, 1.807) is 18.3 Å². The Balaban J connectivity index is 2.70. The van der Waals surface area contributed by atoms with Crippen LogP contribution in [-0.4, -0.2) is 23.5 Å². The molecule has 0 fully saturated rings. The van der Waals surface area contributed by atoms with Crippen molar-refractivity contribution in [1.82, 2.24) is 4.98 Å². The summed E-state index contributed by atoms with van der Waals surface area (Å²) in [5, 5.41) is 3.04. The quantitative estimate of drug-likeness (QED) is 0.679. The zero-order chi connectivity index (χ0) is 12.1. The second-order valence-electron chi connectivity index (χ2n) is 4.05. The number of nitrogens with two attached hydrogens (primary N) is 2. The predicted molar refractivity (Wildman–Crippen MR) is 64.1 cm³/mol. The number of pyridine rings is 1. The lowest BCUT2D eigenvalue weighted by atomic mass is 10.1. The molecule has 0 aromatic carbocycles. The molecule has 5 heteroatoms. The first-order valence-electron chi connectivity index (χ1n) is 5.26. The van der Waals surface area contributed by atoms with E-state index in [0.717, 1.165) is 0 Å². The van der Waals surface area contributed by atoms with Gasteiger partial charge in [0.2, 0.25) is 0 Å². The molecule has 1 atom stereocenters. The summed E-state index contributed by atoms with van der Waals surface area (Å²) in [6.07, 6.45) is 1.61. The fourth-order valence-electron chi connectivity index (χ4n) is 1.20. The SMILES string of the molecule is CC(C)C(N)CNc1ncccc1C(N)=O. The number of rotatable bonds is 5. The topological polar surface area (TPSA) is 94.0 Å². The fraction of sp³-hybridized carbons (Fsp3) is 0.455. The number of hydrogen-bond donors (Lipinski definition) is 3. The van der Waals surface area contributed by atoms with Crippen LogP contribution < -0.4 is 16.8 Å². The minimum absolute atomic E-state index is 0.0164. The minimum Gasteiger partial charge on any atom is -0.368 e. The van der Waals surface area contributed by atoms with E-state index in [9.17, 15) is 4.79 Å². The van der Waals surface area contributed by atoms with Gasteiger partial charge in [0, 0.05) is 18.8 Å². The normalized spacial score (nSPS) is 12.5. The number of hydrogen-bond acceptors (Lipinski definition) is 4. The van der Waals surface area contributed by atoms with Crippen LogP contribution in [0.3, 0.4) is 0 Å². The molecule has 88 valence electrons. The van der Waals surface area contributed by atoms with Gasteiger partial charge in [0.15, 0.2) is 0 Å². The van der Waals surface area contributed by atoms with Crippen molar-refractivity contribution >= 4 is 11.7 Å². The highest BCUT2D eigenvalue weighted by Crippen LogP contribution is 2.10. The van der Waals surface area contributed by atoms with E-state index in [1.165, 1.54) is 0 Å². The molecule has 1 heterocycles. The number of anilines is 1. The number of aromatic nitrogens is 1. The molecule has 0 saturated heterocycles. The summed E-state index contributed by atoms with van der Waals surface area (Å²) in [4.78, 5) is 15.2. The number of amides is 1. The highest BCUT2D eigenvalue weighted by atomic mass is 16.1. The van der Waals surface area contributed by atoms with Crippen LogP contribution in [0, 0.1) is 5.92 Å². The van der Waals surface area contributed by atoms with E-state index < -0.39 is 5.91 Å². The lowest BCUT2D eigenvalue weighted by Crippen LogP contribution is -2.34. The maximum atomic E-state index is 11.1. The zero-order valence-electron chi connectivity index (χ0n) is 9.60. The fourth-order valence-corrected chi connectivity index (χ4v) is 1.20. The van der Waals surface area contributed by atoms with Crippen LogP contribution in [0.25, 0.3) is 0 Å². The van der Waals surface area contributed by atoms with Crippen molar-refractivity contribution in [3.05, 3.63) is 23.9 Å². The molecule has 0 aliphatic carbocycles. The molecule has 1 aromatic rings. The van der Waals surface area contributed by atoms with Gasteiger partial charge in [-0.2, -0.15) is 0 Å². The molecule has 0 saturated carbocycles. The summed E-state index contributed by atoms with van der Waals surface area (Å²) in [5.74, 6) is 0.369. The Hall–Kier alpha value is -1.62. The molecule has 16 heavy (non-hydrogen) atoms. The Morgan fingerprint density at radius 3 is 2.81 bits per heavy atom. The predicted octanol–water partition coefficient (Wildman–Crippen LogP) is 0.576. The van der Waals surface area contributed by atoms with E-state index >= 15 is 0 Å². The molecule has 5 nitrogen and oxygen atoms in total. The lowest BCUT2D eigenvalue weighted by molar-refractivity contribution is 0.100. The third kappa shape index (κ3) is 3.20. The molecular weight excluding hydrogens is 204 g/mol. The van der Waals surface area contributed by atoms with Gasteiger partial charge < -0.3 is 16.8 Å². The smallest absolute Gasteiger partial charge is 0.252 e. The summed E-state index contributed by atoms with van der Waals surface area (Å²) >= 11 is 0. The summed E-state index contributed by atoms with van der Waals surface area (Å²) < 4.78 is 0. The maximum Gasteiger partial charge on any atom is 0.252 e. The first-order chi connectivity index (χ1) is 7.52. The van der Waals surface area contributed by atoms with Crippen LogP contribution in [0.5, 0.6) is 0 Å². The Bertz CT molecular complexity index is 365. The number of nitrogens with zero attached hydrogens (tertiary/aromatic N) is 1. The molecule has 0 spiro atoms. The van der Waals surface area contributed by atoms with Gasteiger partial charge in [0.05, 0.1) is 5.56 Å². The number of carbonyl (C=O) groups excluding carboxylic acids is 1. The van der Waals surface area contributed by atoms with Gasteiger partial charge in [-0.05, 0) is 18.1 Å². The van der Waals surface area contributed by atoms with Gasteiger partial charge >= 0.3 is 0 Å². The second-order valence-corrected chi connectivity index (χ2v) is 4.05. The minimum atomic E-state index is -0.492. The molecule has 0 aliphatic heterocycles. The van der Waals surface area contributed by atoms with Gasteiger partial charge in [-0.1, -0.05) is 13.8 Å². The molecule has 1 rings (SSSR count). The first kappa shape index (κ1) is 12.4. The van der Waals surface area contributed by atoms with Gasteiger partial charge in [-0.25, -0.2) is 4.98 Å². The van der Waals surface area contributed by atoms with E-state index in [0.29, 0.717) is 23.8 Å². The Morgan fingerprint density at radius 1 is 1.56 bits per heavy atom. The summed E-state index contributed by atoms with van der Waals surface area (Å²) in [6.45, 7) is 4.65. The summed E-state index contributed by atoms with van der Waals surface area (Å²) in [6, 6.07) is 3.33. The van der Waals surface area contributed by atoms with E-state index in [-0.39, 0.29) is 6.04 Å². The largest absolute Gasteiger partial charge is 0.368 e. The Kier molecular flexibility index (Phi) is 4.25. The number of primary amides is 1. The molecule has 1 aromatic heterocycles. The Morgan fingerprint density at radius 2 is 2.25 bits per heavy atom. The average molecular weight is 222 g/mol. The van der Waals surface area contributed by atoms with Crippen molar-refractivity contribution in [3.63, 3.8) is 0 Å². The lowest BCUT2D eigenvalue weighted by Gasteiger charge is -2.17. The van der Waals surface area contributed by atoms with Gasteiger partial charge in [0.25, 0.3) is 5.91 Å². The van der Waals surface area contributed by atoms with Crippen LogP contribution in [0.2, 0.25) is 0 Å². The molecule has 1 unspecified atom stereocenters. The van der Waals surface area contributed by atoms with E-state index in [2.05, 4.69) is 10.3 Å². The highest BCUT2D eigenvalue weighted by Gasteiger charge is 2.11. The molecule has 0 radical (unpaired) electrons.